The molecule has 0 spiro atoms. The van der Waals surface area contributed by atoms with Gasteiger partial charge in [-0.15, -0.1) is 0 Å². The maximum absolute atomic E-state index is 12.3. The molecule has 3 aromatic carbocycles. The highest BCUT2D eigenvalue weighted by molar-refractivity contribution is 5.89. The van der Waals surface area contributed by atoms with E-state index in [1.807, 2.05) is 31.2 Å². The van der Waals surface area contributed by atoms with Crippen LogP contribution >= 0.6 is 0 Å². The van der Waals surface area contributed by atoms with Crippen molar-refractivity contribution in [3.8, 4) is 23.0 Å². The first-order valence-electron chi connectivity index (χ1n) is 9.00. The van der Waals surface area contributed by atoms with E-state index in [-0.39, 0.29) is 17.0 Å². The van der Waals surface area contributed by atoms with Gasteiger partial charge in [-0.25, -0.2) is 4.98 Å². The quantitative estimate of drug-likeness (QED) is 0.275. The fourth-order valence-electron chi connectivity index (χ4n) is 2.92. The highest BCUT2D eigenvalue weighted by atomic mass is 16.6. The predicted octanol–water partition coefficient (Wildman–Crippen LogP) is 4.54. The molecule has 0 aliphatic rings. The molecule has 0 atom stereocenters. The molecule has 8 nitrogen and oxygen atoms in total. The third-order valence-corrected chi connectivity index (χ3v) is 4.52. The molecule has 30 heavy (non-hydrogen) atoms. The van der Waals surface area contributed by atoms with Crippen LogP contribution in [0.5, 0.6) is 11.5 Å². The van der Waals surface area contributed by atoms with Crippen LogP contribution in [0.15, 0.2) is 64.0 Å². The minimum absolute atomic E-state index is 0.0571. The fraction of sp³-hybridized carbons (Fsp3) is 0.0909. The Bertz CT molecular complexity index is 1280. The lowest BCUT2D eigenvalue weighted by Gasteiger charge is -2.14. The van der Waals surface area contributed by atoms with Gasteiger partial charge >= 0.3 is 0 Å². The number of nitro groups is 1. The summed E-state index contributed by atoms with van der Waals surface area (Å²) < 4.78 is 10.7. The van der Waals surface area contributed by atoms with Crippen LogP contribution in [0, 0.1) is 17.0 Å². The molecular formula is C22H16N3O5-. The fourth-order valence-corrected chi connectivity index (χ4v) is 2.92. The summed E-state index contributed by atoms with van der Waals surface area (Å²) in [5, 5.41) is 23.4. The highest BCUT2D eigenvalue weighted by Crippen LogP contribution is 2.32. The summed E-state index contributed by atoms with van der Waals surface area (Å²) in [5.74, 6) is -0.0900. The molecule has 0 N–H and O–H groups in total. The number of aliphatic imine (C=N–C) groups is 1. The third-order valence-electron chi connectivity index (χ3n) is 4.52. The van der Waals surface area contributed by atoms with Crippen LogP contribution in [0.3, 0.4) is 0 Å². The standard InChI is InChI=1S/C22H17N3O5/c1-13-3-5-14(6-4-13)22-24-18-10-16(7-8-19(18)30-22)23-12-15-9-17(25(27)28)11-20(29-2)21(15)26/h3-12,26H,1-2H3/p-1. The average Bonchev–Trinajstić information content (AvgIpc) is 3.16. The Morgan fingerprint density at radius 1 is 1.13 bits per heavy atom. The number of nitrogens with zero attached hydrogens (tertiary/aromatic N) is 3. The summed E-state index contributed by atoms with van der Waals surface area (Å²) in [4.78, 5) is 19.3. The number of methoxy groups -OCH3 is 1. The van der Waals surface area contributed by atoms with Gasteiger partial charge in [-0.2, -0.15) is 0 Å². The van der Waals surface area contributed by atoms with Crippen LogP contribution in [-0.4, -0.2) is 23.2 Å². The second-order valence-corrected chi connectivity index (χ2v) is 6.62. The first-order valence-corrected chi connectivity index (χ1v) is 9.00. The second kappa shape index (κ2) is 7.67. The van der Waals surface area contributed by atoms with E-state index in [1.54, 1.807) is 18.2 Å². The average molecular weight is 402 g/mol. The topological polar surface area (TPSA) is 114 Å². The van der Waals surface area contributed by atoms with E-state index < -0.39 is 10.7 Å². The molecule has 0 saturated heterocycles. The molecule has 0 aliphatic heterocycles. The lowest BCUT2D eigenvalue weighted by atomic mass is 10.1. The number of nitro benzene ring substituents is 1. The molecule has 0 unspecified atom stereocenters. The monoisotopic (exact) mass is 402 g/mol. The largest absolute Gasteiger partial charge is 0.870 e. The van der Waals surface area contributed by atoms with Crippen molar-refractivity contribution in [3.05, 3.63) is 75.8 Å². The summed E-state index contributed by atoms with van der Waals surface area (Å²) in [7, 11) is 1.28. The number of non-ortho nitro benzene ring substituents is 1. The molecule has 1 aromatic heterocycles. The first kappa shape index (κ1) is 19.1. The third kappa shape index (κ3) is 3.70. The van der Waals surface area contributed by atoms with E-state index in [4.69, 9.17) is 9.15 Å². The Balaban J connectivity index is 1.67. The van der Waals surface area contributed by atoms with E-state index in [1.165, 1.54) is 19.4 Å². The van der Waals surface area contributed by atoms with Gasteiger partial charge in [0.25, 0.3) is 5.69 Å². The van der Waals surface area contributed by atoms with Crippen LogP contribution in [-0.2, 0) is 0 Å². The van der Waals surface area contributed by atoms with Crippen LogP contribution in [0.4, 0.5) is 11.4 Å². The summed E-state index contributed by atoms with van der Waals surface area (Å²) in [6, 6.07) is 15.2. The zero-order valence-corrected chi connectivity index (χ0v) is 16.2. The minimum atomic E-state index is -0.590. The molecule has 0 amide bonds. The van der Waals surface area contributed by atoms with Gasteiger partial charge in [0.15, 0.2) is 5.58 Å². The molecule has 0 aliphatic carbocycles. The van der Waals surface area contributed by atoms with E-state index in [0.29, 0.717) is 22.7 Å². The number of fused-ring (bicyclic) bond motifs is 1. The van der Waals surface area contributed by atoms with E-state index in [0.717, 1.165) is 17.2 Å². The van der Waals surface area contributed by atoms with Gasteiger partial charge in [0, 0.05) is 17.8 Å². The Hall–Kier alpha value is -4.20. The lowest BCUT2D eigenvalue weighted by Crippen LogP contribution is -2.02. The van der Waals surface area contributed by atoms with Gasteiger partial charge in [0.1, 0.15) is 11.3 Å². The molecule has 4 rings (SSSR count). The predicted molar refractivity (Wildman–Crippen MR) is 111 cm³/mol. The van der Waals surface area contributed by atoms with E-state index in [9.17, 15) is 15.2 Å². The van der Waals surface area contributed by atoms with Gasteiger partial charge < -0.3 is 14.3 Å². The SMILES string of the molecule is COc1cc([N+](=O)[O-])cc(C=Nc2ccc3oc(-c4ccc(C)cc4)nc3c2)c1[O-]. The molecule has 0 saturated carbocycles. The molecule has 150 valence electrons. The lowest BCUT2D eigenvalue weighted by molar-refractivity contribution is -0.385. The Kier molecular flexibility index (Phi) is 4.89. The molecule has 0 bridgehead atoms. The van der Waals surface area contributed by atoms with Crippen molar-refractivity contribution in [2.24, 2.45) is 4.99 Å². The summed E-state index contributed by atoms with van der Waals surface area (Å²) >= 11 is 0. The number of rotatable bonds is 5. The first-order chi connectivity index (χ1) is 14.4. The zero-order valence-electron chi connectivity index (χ0n) is 16.2. The second-order valence-electron chi connectivity index (χ2n) is 6.62. The molecule has 0 fully saturated rings. The number of oxazole rings is 1. The maximum atomic E-state index is 12.3. The summed E-state index contributed by atoms with van der Waals surface area (Å²) in [6.45, 7) is 2.00. The smallest absolute Gasteiger partial charge is 0.273 e. The Labute approximate surface area is 171 Å². The van der Waals surface area contributed by atoms with Crippen LogP contribution in [0.25, 0.3) is 22.6 Å². The maximum Gasteiger partial charge on any atom is 0.273 e. The Morgan fingerprint density at radius 2 is 1.90 bits per heavy atom. The molecule has 0 radical (unpaired) electrons. The van der Waals surface area contributed by atoms with Crippen molar-refractivity contribution in [3.63, 3.8) is 0 Å². The van der Waals surface area contributed by atoms with Gasteiger partial charge in [-0.05, 0) is 42.8 Å². The van der Waals surface area contributed by atoms with Gasteiger partial charge in [0.05, 0.1) is 23.8 Å². The van der Waals surface area contributed by atoms with Crippen molar-refractivity contribution in [2.75, 3.05) is 7.11 Å². The molecule has 1 heterocycles. The Morgan fingerprint density at radius 3 is 2.60 bits per heavy atom. The normalized spacial score (nSPS) is 11.3. The van der Waals surface area contributed by atoms with Crippen molar-refractivity contribution in [1.82, 2.24) is 4.98 Å². The van der Waals surface area contributed by atoms with Crippen LogP contribution in [0.1, 0.15) is 11.1 Å². The van der Waals surface area contributed by atoms with Crippen molar-refractivity contribution in [2.45, 2.75) is 6.92 Å². The number of benzene rings is 3. The number of hydrogen-bond acceptors (Lipinski definition) is 7. The summed E-state index contributed by atoms with van der Waals surface area (Å²) in [5.41, 5.74) is 3.55. The van der Waals surface area contributed by atoms with Gasteiger partial charge in [-0.1, -0.05) is 23.4 Å². The van der Waals surface area contributed by atoms with E-state index >= 15 is 0 Å². The van der Waals surface area contributed by atoms with E-state index in [2.05, 4.69) is 9.98 Å². The number of hydrogen-bond donors (Lipinski definition) is 0. The highest BCUT2D eigenvalue weighted by Gasteiger charge is 2.12. The number of aryl methyl sites for hydroxylation is 1. The van der Waals surface area contributed by atoms with Crippen LogP contribution < -0.4 is 9.84 Å². The van der Waals surface area contributed by atoms with Crippen molar-refractivity contribution < 1.29 is 19.2 Å². The van der Waals surface area contributed by atoms with Crippen LogP contribution in [0.2, 0.25) is 0 Å². The molecule has 4 aromatic rings. The molecular weight excluding hydrogens is 386 g/mol. The van der Waals surface area contributed by atoms with Gasteiger partial charge in [-0.3, -0.25) is 15.1 Å². The summed E-state index contributed by atoms with van der Waals surface area (Å²) in [6.07, 6.45) is 1.28. The number of aromatic nitrogens is 1. The minimum Gasteiger partial charge on any atom is -0.870 e. The number of ether oxygens (including phenoxy) is 1. The van der Waals surface area contributed by atoms with Gasteiger partial charge in [0.2, 0.25) is 5.89 Å². The van der Waals surface area contributed by atoms with Crippen molar-refractivity contribution >= 4 is 28.7 Å². The van der Waals surface area contributed by atoms with Crippen molar-refractivity contribution in [1.29, 1.82) is 0 Å². The molecule has 8 heteroatoms. The zero-order chi connectivity index (χ0) is 21.3.